The Kier molecular flexibility index (Phi) is 4.84. The molecule has 2 aromatic rings. The van der Waals surface area contributed by atoms with Crippen molar-refractivity contribution in [1.29, 1.82) is 0 Å². The van der Waals surface area contributed by atoms with Gasteiger partial charge in [-0.15, -0.1) is 0 Å². The molecule has 0 radical (unpaired) electrons. The van der Waals surface area contributed by atoms with Gasteiger partial charge in [0.25, 0.3) is 0 Å². The van der Waals surface area contributed by atoms with Gasteiger partial charge in [0.05, 0.1) is 12.2 Å². The number of benzene rings is 2. The molecule has 0 saturated heterocycles. The molecule has 1 N–H and O–H groups in total. The summed E-state index contributed by atoms with van der Waals surface area (Å²) in [7, 11) is 0. The van der Waals surface area contributed by atoms with Crippen molar-refractivity contribution in [3.8, 4) is 5.75 Å². The molecule has 0 fully saturated rings. The van der Waals surface area contributed by atoms with E-state index in [4.69, 9.17) is 4.74 Å². The Morgan fingerprint density at radius 3 is 2.04 bits per heavy atom. The molecule has 0 aliphatic heterocycles. The van der Waals surface area contributed by atoms with Gasteiger partial charge in [-0.1, -0.05) is 39.0 Å². The van der Waals surface area contributed by atoms with E-state index in [9.17, 15) is 14.7 Å². The van der Waals surface area contributed by atoms with E-state index in [1.54, 1.807) is 36.4 Å². The predicted octanol–water partition coefficient (Wildman–Crippen LogP) is 4.04. The summed E-state index contributed by atoms with van der Waals surface area (Å²) in [5, 5.41) is 9.18. The van der Waals surface area contributed by atoms with Gasteiger partial charge in [0, 0.05) is 11.1 Å². The minimum Gasteiger partial charge on any atom is -0.493 e. The van der Waals surface area contributed by atoms with Gasteiger partial charge in [0.2, 0.25) is 0 Å². The monoisotopic (exact) mass is 312 g/mol. The number of ketones is 1. The number of carboxylic acid groups (broad SMARTS) is 1. The molecular formula is C19H20O4. The minimum absolute atomic E-state index is 0.00515. The first-order valence-corrected chi connectivity index (χ1v) is 7.38. The van der Waals surface area contributed by atoms with Crippen molar-refractivity contribution in [2.75, 3.05) is 6.61 Å². The van der Waals surface area contributed by atoms with E-state index in [2.05, 4.69) is 20.8 Å². The molecule has 4 nitrogen and oxygen atoms in total. The van der Waals surface area contributed by atoms with Gasteiger partial charge in [-0.25, -0.2) is 4.79 Å². The van der Waals surface area contributed by atoms with E-state index < -0.39 is 5.97 Å². The molecule has 120 valence electrons. The molecule has 0 saturated carbocycles. The molecule has 0 aliphatic rings. The maximum absolute atomic E-state index is 12.5. The van der Waals surface area contributed by atoms with Crippen LogP contribution in [0, 0.1) is 5.41 Å². The lowest BCUT2D eigenvalue weighted by atomic mass is 9.98. The van der Waals surface area contributed by atoms with Crippen molar-refractivity contribution < 1.29 is 19.4 Å². The average Bonchev–Trinajstić information content (AvgIpc) is 2.52. The molecular weight excluding hydrogens is 292 g/mol. The summed E-state index contributed by atoms with van der Waals surface area (Å²) in [4.78, 5) is 23.7. The third-order valence-corrected chi connectivity index (χ3v) is 3.19. The molecule has 2 rings (SSSR count). The highest BCUT2D eigenvalue weighted by molar-refractivity contribution is 6.14. The highest BCUT2D eigenvalue weighted by Crippen LogP contribution is 2.20. The fourth-order valence-electron chi connectivity index (χ4n) is 2.03. The topological polar surface area (TPSA) is 63.6 Å². The molecule has 0 aromatic heterocycles. The summed E-state index contributed by atoms with van der Waals surface area (Å²) < 4.78 is 5.67. The van der Waals surface area contributed by atoms with Crippen LogP contribution >= 0.6 is 0 Å². The lowest BCUT2D eigenvalue weighted by molar-refractivity contribution is 0.0693. The number of carbonyl (C=O) groups excluding carboxylic acids is 1. The number of carbonyl (C=O) groups is 2. The first-order chi connectivity index (χ1) is 10.8. The van der Waals surface area contributed by atoms with E-state index in [1.807, 2.05) is 0 Å². The van der Waals surface area contributed by atoms with Crippen molar-refractivity contribution in [2.24, 2.45) is 5.41 Å². The summed E-state index contributed by atoms with van der Waals surface area (Å²) in [5.74, 6) is -0.743. The summed E-state index contributed by atoms with van der Waals surface area (Å²) in [6.07, 6.45) is 0. The average molecular weight is 312 g/mol. The molecule has 0 bridgehead atoms. The van der Waals surface area contributed by atoms with Gasteiger partial charge < -0.3 is 9.84 Å². The Hall–Kier alpha value is -2.62. The summed E-state index contributed by atoms with van der Waals surface area (Å²) >= 11 is 0. The highest BCUT2D eigenvalue weighted by atomic mass is 16.5. The van der Waals surface area contributed by atoms with Crippen LogP contribution in [-0.4, -0.2) is 23.5 Å². The van der Waals surface area contributed by atoms with Gasteiger partial charge in [-0.05, 0) is 35.7 Å². The molecule has 0 aliphatic carbocycles. The smallest absolute Gasteiger partial charge is 0.336 e. The van der Waals surface area contributed by atoms with Gasteiger partial charge in [0.1, 0.15) is 5.75 Å². The van der Waals surface area contributed by atoms with Crippen LogP contribution in [0.15, 0.2) is 48.5 Å². The second-order valence-corrected chi connectivity index (χ2v) is 6.55. The Morgan fingerprint density at radius 2 is 1.52 bits per heavy atom. The Labute approximate surface area is 135 Å². The largest absolute Gasteiger partial charge is 0.493 e. The number of hydrogen-bond acceptors (Lipinski definition) is 3. The van der Waals surface area contributed by atoms with Crippen molar-refractivity contribution in [3.63, 3.8) is 0 Å². The molecule has 23 heavy (non-hydrogen) atoms. The quantitative estimate of drug-likeness (QED) is 0.846. The molecule has 2 aromatic carbocycles. The second kappa shape index (κ2) is 6.65. The molecule has 0 spiro atoms. The molecule has 0 atom stereocenters. The van der Waals surface area contributed by atoms with Crippen molar-refractivity contribution in [1.82, 2.24) is 0 Å². The zero-order chi connectivity index (χ0) is 17.0. The van der Waals surface area contributed by atoms with Crippen LogP contribution in [0.3, 0.4) is 0 Å². The SMILES string of the molecule is CC(C)(C)COc1ccc(C(=O)c2ccccc2C(=O)O)cc1. The van der Waals surface area contributed by atoms with E-state index in [0.717, 1.165) is 0 Å². The van der Waals surface area contributed by atoms with Crippen LogP contribution in [0.25, 0.3) is 0 Å². The predicted molar refractivity (Wildman–Crippen MR) is 88.2 cm³/mol. The van der Waals surface area contributed by atoms with Crippen LogP contribution in [0.4, 0.5) is 0 Å². The van der Waals surface area contributed by atoms with Crippen LogP contribution in [-0.2, 0) is 0 Å². The van der Waals surface area contributed by atoms with E-state index >= 15 is 0 Å². The number of aromatic carboxylic acids is 1. The number of hydrogen-bond donors (Lipinski definition) is 1. The van der Waals surface area contributed by atoms with E-state index in [-0.39, 0.29) is 22.3 Å². The molecule has 0 amide bonds. The normalized spacial score (nSPS) is 11.1. The maximum Gasteiger partial charge on any atom is 0.336 e. The Bertz CT molecular complexity index is 709. The standard InChI is InChI=1S/C19H20O4/c1-19(2,3)12-23-14-10-8-13(9-11-14)17(20)15-6-4-5-7-16(15)18(21)22/h4-11H,12H2,1-3H3,(H,21,22). The Balaban J connectivity index is 2.20. The fraction of sp³-hybridized carbons (Fsp3) is 0.263. The third-order valence-electron chi connectivity index (χ3n) is 3.19. The van der Waals surface area contributed by atoms with Gasteiger partial charge >= 0.3 is 5.97 Å². The van der Waals surface area contributed by atoms with Gasteiger partial charge in [-0.2, -0.15) is 0 Å². The lowest BCUT2D eigenvalue weighted by Gasteiger charge is -2.18. The molecule has 0 unspecified atom stereocenters. The first-order valence-electron chi connectivity index (χ1n) is 7.38. The lowest BCUT2D eigenvalue weighted by Crippen LogP contribution is -2.16. The van der Waals surface area contributed by atoms with E-state index in [1.165, 1.54) is 12.1 Å². The van der Waals surface area contributed by atoms with E-state index in [0.29, 0.717) is 17.9 Å². The van der Waals surface area contributed by atoms with Crippen molar-refractivity contribution in [2.45, 2.75) is 20.8 Å². The van der Waals surface area contributed by atoms with Crippen LogP contribution in [0.5, 0.6) is 5.75 Å². The number of carboxylic acids is 1. The molecule has 0 heterocycles. The van der Waals surface area contributed by atoms with Gasteiger partial charge in [0.15, 0.2) is 5.78 Å². The second-order valence-electron chi connectivity index (χ2n) is 6.55. The van der Waals surface area contributed by atoms with Crippen molar-refractivity contribution >= 4 is 11.8 Å². The van der Waals surface area contributed by atoms with Crippen LogP contribution < -0.4 is 4.74 Å². The highest BCUT2D eigenvalue weighted by Gasteiger charge is 2.17. The summed E-state index contributed by atoms with van der Waals surface area (Å²) in [5.41, 5.74) is 0.672. The summed E-state index contributed by atoms with van der Waals surface area (Å²) in [6.45, 7) is 6.80. The number of ether oxygens (including phenoxy) is 1. The van der Waals surface area contributed by atoms with Crippen LogP contribution in [0.1, 0.15) is 47.1 Å². The minimum atomic E-state index is -1.11. The van der Waals surface area contributed by atoms with Crippen molar-refractivity contribution in [3.05, 3.63) is 65.2 Å². The third kappa shape index (κ3) is 4.42. The maximum atomic E-state index is 12.5. The van der Waals surface area contributed by atoms with Gasteiger partial charge in [-0.3, -0.25) is 4.79 Å². The summed E-state index contributed by atoms with van der Waals surface area (Å²) in [6, 6.07) is 13.0. The fourth-order valence-corrected chi connectivity index (χ4v) is 2.03. The molecule has 4 heteroatoms. The zero-order valence-corrected chi connectivity index (χ0v) is 13.5. The number of rotatable bonds is 5. The zero-order valence-electron chi connectivity index (χ0n) is 13.5. The Morgan fingerprint density at radius 1 is 0.957 bits per heavy atom. The van der Waals surface area contributed by atoms with Crippen LogP contribution in [0.2, 0.25) is 0 Å². The first kappa shape index (κ1) is 16.7.